The number of sulfonamides is 1. The van der Waals surface area contributed by atoms with Crippen LogP contribution >= 0.6 is 0 Å². The molecule has 2 aliphatic rings. The number of anilines is 2. The SMILES string of the molecule is COc1cccc(N2CCN(S(=O)(=O)c3cc4c(cc3C)NC(=O)CO4)CC2)c1. The summed E-state index contributed by atoms with van der Waals surface area (Å²) in [6, 6.07) is 10.9. The normalized spacial score (nSPS) is 17.3. The Morgan fingerprint density at radius 2 is 1.86 bits per heavy atom. The van der Waals surface area contributed by atoms with E-state index in [1.165, 1.54) is 10.4 Å². The summed E-state index contributed by atoms with van der Waals surface area (Å²) in [5.74, 6) is 0.902. The Hall–Kier alpha value is -2.78. The van der Waals surface area contributed by atoms with Gasteiger partial charge in [0.15, 0.2) is 6.61 Å². The van der Waals surface area contributed by atoms with Gasteiger partial charge in [-0.3, -0.25) is 4.79 Å². The summed E-state index contributed by atoms with van der Waals surface area (Å²) >= 11 is 0. The van der Waals surface area contributed by atoms with Crippen molar-refractivity contribution in [3.05, 3.63) is 42.0 Å². The number of carbonyl (C=O) groups excluding carboxylic acids is 1. The summed E-state index contributed by atoms with van der Waals surface area (Å²) in [4.78, 5) is 13.8. The van der Waals surface area contributed by atoms with Crippen LogP contribution in [0.3, 0.4) is 0 Å². The number of methoxy groups -OCH3 is 1. The number of nitrogens with one attached hydrogen (secondary N) is 1. The topological polar surface area (TPSA) is 88.2 Å². The van der Waals surface area contributed by atoms with E-state index in [2.05, 4.69) is 10.2 Å². The van der Waals surface area contributed by atoms with Crippen molar-refractivity contribution in [1.82, 2.24) is 4.31 Å². The molecule has 1 amide bonds. The fourth-order valence-electron chi connectivity index (χ4n) is 3.63. The number of benzene rings is 2. The molecule has 8 nitrogen and oxygen atoms in total. The highest BCUT2D eigenvalue weighted by Gasteiger charge is 2.31. The molecule has 2 aliphatic heterocycles. The second-order valence-electron chi connectivity index (χ2n) is 7.04. The van der Waals surface area contributed by atoms with E-state index in [-0.39, 0.29) is 17.4 Å². The van der Waals surface area contributed by atoms with Gasteiger partial charge in [0.2, 0.25) is 10.0 Å². The van der Waals surface area contributed by atoms with Gasteiger partial charge in [-0.05, 0) is 30.7 Å². The zero-order chi connectivity index (χ0) is 20.6. The van der Waals surface area contributed by atoms with Crippen molar-refractivity contribution >= 4 is 27.3 Å². The number of nitrogens with zero attached hydrogens (tertiary/aromatic N) is 2. The first-order valence-corrected chi connectivity index (χ1v) is 10.8. The Morgan fingerprint density at radius 3 is 2.59 bits per heavy atom. The Morgan fingerprint density at radius 1 is 1.10 bits per heavy atom. The largest absolute Gasteiger partial charge is 0.497 e. The minimum atomic E-state index is -3.67. The lowest BCUT2D eigenvalue weighted by molar-refractivity contribution is -0.118. The van der Waals surface area contributed by atoms with Crippen LogP contribution in [0.25, 0.3) is 0 Å². The summed E-state index contributed by atoms with van der Waals surface area (Å²) in [6.07, 6.45) is 0. The number of carbonyl (C=O) groups is 1. The molecule has 4 rings (SSSR count). The highest BCUT2D eigenvalue weighted by atomic mass is 32.2. The highest BCUT2D eigenvalue weighted by molar-refractivity contribution is 7.89. The molecule has 154 valence electrons. The Labute approximate surface area is 170 Å². The summed E-state index contributed by atoms with van der Waals surface area (Å²) in [5, 5.41) is 2.70. The van der Waals surface area contributed by atoms with E-state index in [9.17, 15) is 13.2 Å². The maximum Gasteiger partial charge on any atom is 0.262 e. The Balaban J connectivity index is 1.53. The second kappa shape index (κ2) is 7.57. The first kappa shape index (κ1) is 19.5. The molecule has 2 aromatic carbocycles. The molecule has 9 heteroatoms. The minimum Gasteiger partial charge on any atom is -0.497 e. The van der Waals surface area contributed by atoms with Crippen molar-refractivity contribution in [2.75, 3.05) is 50.1 Å². The van der Waals surface area contributed by atoms with E-state index < -0.39 is 10.0 Å². The van der Waals surface area contributed by atoms with Crippen LogP contribution in [0.15, 0.2) is 41.3 Å². The van der Waals surface area contributed by atoms with E-state index in [1.807, 2.05) is 24.3 Å². The number of rotatable bonds is 4. The molecule has 0 bridgehead atoms. The van der Waals surface area contributed by atoms with Crippen molar-refractivity contribution in [3.63, 3.8) is 0 Å². The molecule has 0 aliphatic carbocycles. The lowest BCUT2D eigenvalue weighted by Crippen LogP contribution is -2.48. The average molecular weight is 417 g/mol. The van der Waals surface area contributed by atoms with Crippen LogP contribution in [0, 0.1) is 6.92 Å². The van der Waals surface area contributed by atoms with Gasteiger partial charge in [-0.25, -0.2) is 8.42 Å². The summed E-state index contributed by atoms with van der Waals surface area (Å²) in [7, 11) is -2.04. The predicted molar refractivity (Wildman–Crippen MR) is 109 cm³/mol. The molecule has 0 aromatic heterocycles. The standard InChI is InChI=1S/C20H23N3O5S/c1-14-10-17-18(28-13-20(24)21-17)12-19(14)29(25,26)23-8-6-22(7-9-23)15-4-3-5-16(11-15)27-2/h3-5,10-12H,6-9,13H2,1-2H3,(H,21,24). The maximum absolute atomic E-state index is 13.2. The fraction of sp³-hybridized carbons (Fsp3) is 0.350. The lowest BCUT2D eigenvalue weighted by Gasteiger charge is -2.35. The zero-order valence-electron chi connectivity index (χ0n) is 16.3. The Kier molecular flexibility index (Phi) is 5.10. The number of amides is 1. The minimum absolute atomic E-state index is 0.116. The molecule has 0 atom stereocenters. The van der Waals surface area contributed by atoms with Crippen molar-refractivity contribution in [3.8, 4) is 11.5 Å². The highest BCUT2D eigenvalue weighted by Crippen LogP contribution is 2.34. The van der Waals surface area contributed by atoms with Crippen LogP contribution in [0.4, 0.5) is 11.4 Å². The third kappa shape index (κ3) is 3.75. The smallest absolute Gasteiger partial charge is 0.262 e. The van der Waals surface area contributed by atoms with E-state index in [4.69, 9.17) is 9.47 Å². The molecule has 0 unspecified atom stereocenters. The van der Waals surface area contributed by atoms with Crippen LogP contribution in [-0.2, 0) is 14.8 Å². The van der Waals surface area contributed by atoms with E-state index >= 15 is 0 Å². The molecule has 1 saturated heterocycles. The van der Waals surface area contributed by atoms with Crippen molar-refractivity contribution in [1.29, 1.82) is 0 Å². The molecule has 1 N–H and O–H groups in total. The molecular weight excluding hydrogens is 394 g/mol. The van der Waals surface area contributed by atoms with Crippen molar-refractivity contribution < 1.29 is 22.7 Å². The molecule has 1 fully saturated rings. The fourth-order valence-corrected chi connectivity index (χ4v) is 5.27. The van der Waals surface area contributed by atoms with Crippen LogP contribution in [0.2, 0.25) is 0 Å². The van der Waals surface area contributed by atoms with Gasteiger partial charge in [0.05, 0.1) is 17.7 Å². The van der Waals surface area contributed by atoms with Gasteiger partial charge in [-0.1, -0.05) is 6.07 Å². The van der Waals surface area contributed by atoms with Gasteiger partial charge in [-0.2, -0.15) is 4.31 Å². The van der Waals surface area contributed by atoms with Gasteiger partial charge >= 0.3 is 0 Å². The quantitative estimate of drug-likeness (QED) is 0.817. The van der Waals surface area contributed by atoms with Gasteiger partial charge in [0.1, 0.15) is 11.5 Å². The van der Waals surface area contributed by atoms with E-state index in [0.717, 1.165) is 11.4 Å². The Bertz CT molecular complexity index is 1050. The van der Waals surface area contributed by atoms with Gasteiger partial charge in [0, 0.05) is 44.0 Å². The first-order chi connectivity index (χ1) is 13.9. The average Bonchev–Trinajstić information content (AvgIpc) is 2.73. The van der Waals surface area contributed by atoms with Gasteiger partial charge < -0.3 is 19.7 Å². The first-order valence-electron chi connectivity index (χ1n) is 9.35. The number of fused-ring (bicyclic) bond motifs is 1. The van der Waals surface area contributed by atoms with Gasteiger partial charge in [0.25, 0.3) is 5.91 Å². The second-order valence-corrected chi connectivity index (χ2v) is 8.95. The molecule has 29 heavy (non-hydrogen) atoms. The molecule has 0 spiro atoms. The third-order valence-electron chi connectivity index (χ3n) is 5.18. The number of aryl methyl sites for hydroxylation is 1. The van der Waals surface area contributed by atoms with E-state index in [1.54, 1.807) is 20.1 Å². The third-order valence-corrected chi connectivity index (χ3v) is 7.23. The lowest BCUT2D eigenvalue weighted by atomic mass is 10.2. The number of piperazine rings is 1. The number of ether oxygens (including phenoxy) is 2. The molecule has 0 radical (unpaired) electrons. The molecule has 2 heterocycles. The van der Waals surface area contributed by atoms with Crippen LogP contribution in [-0.4, -0.2) is 58.5 Å². The summed E-state index contributed by atoms with van der Waals surface area (Å²) in [6.45, 7) is 3.54. The number of hydrogen-bond acceptors (Lipinski definition) is 6. The van der Waals surface area contributed by atoms with Gasteiger partial charge in [-0.15, -0.1) is 0 Å². The molecule has 0 saturated carbocycles. The maximum atomic E-state index is 13.2. The van der Waals surface area contributed by atoms with E-state index in [0.29, 0.717) is 43.2 Å². The molecular formula is C20H23N3O5S. The number of hydrogen-bond donors (Lipinski definition) is 1. The van der Waals surface area contributed by atoms with Crippen LogP contribution < -0.4 is 19.7 Å². The predicted octanol–water partition coefficient (Wildman–Crippen LogP) is 1.85. The van der Waals surface area contributed by atoms with Crippen LogP contribution in [0.1, 0.15) is 5.56 Å². The van der Waals surface area contributed by atoms with Crippen molar-refractivity contribution in [2.45, 2.75) is 11.8 Å². The monoisotopic (exact) mass is 417 g/mol. The summed E-state index contributed by atoms with van der Waals surface area (Å²) < 4.78 is 38.7. The van der Waals surface area contributed by atoms with Crippen LogP contribution in [0.5, 0.6) is 11.5 Å². The molecule has 2 aromatic rings. The summed E-state index contributed by atoms with van der Waals surface area (Å²) in [5.41, 5.74) is 2.08. The van der Waals surface area contributed by atoms with Crippen molar-refractivity contribution in [2.24, 2.45) is 0 Å². The zero-order valence-corrected chi connectivity index (χ0v) is 17.2.